The Balaban J connectivity index is 1.87. The molecule has 8 heteroatoms. The normalized spacial score (nSPS) is 10.6. The van der Waals surface area contributed by atoms with E-state index in [1.165, 1.54) is 24.3 Å². The zero-order valence-corrected chi connectivity index (χ0v) is 12.9. The molecule has 0 aliphatic heterocycles. The van der Waals surface area contributed by atoms with Crippen molar-refractivity contribution in [1.82, 2.24) is 9.97 Å². The van der Waals surface area contributed by atoms with Gasteiger partial charge in [-0.1, -0.05) is 0 Å². The van der Waals surface area contributed by atoms with E-state index in [0.29, 0.717) is 17.2 Å². The summed E-state index contributed by atoms with van der Waals surface area (Å²) in [5.74, 6) is -4.24. The minimum absolute atomic E-state index is 0.00507. The monoisotopic (exact) mass is 348 g/mol. The maximum Gasteiger partial charge on any atom is 0.229 e. The van der Waals surface area contributed by atoms with Gasteiger partial charge in [0.2, 0.25) is 5.95 Å². The lowest BCUT2D eigenvalue weighted by Gasteiger charge is -2.11. The van der Waals surface area contributed by atoms with Crippen molar-refractivity contribution in [3.63, 3.8) is 0 Å². The van der Waals surface area contributed by atoms with Crippen LogP contribution in [0.1, 0.15) is 5.69 Å². The first kappa shape index (κ1) is 16.7. The van der Waals surface area contributed by atoms with Crippen LogP contribution < -0.4 is 10.6 Å². The van der Waals surface area contributed by atoms with Gasteiger partial charge in [-0.05, 0) is 43.3 Å². The van der Waals surface area contributed by atoms with E-state index in [0.717, 1.165) is 12.1 Å². The standard InChI is InChI=1S/C17H12F4N4/c1-9-8-14(23-11-4-2-10(18)3-5-11)25-17(22-9)24-13-7-6-12(19)15(20)16(13)21/h2-8H,1H3,(H2,22,23,24,25). The molecule has 1 heterocycles. The molecule has 0 saturated carbocycles. The Morgan fingerprint density at radius 2 is 1.52 bits per heavy atom. The maximum absolute atomic E-state index is 13.7. The van der Waals surface area contributed by atoms with Gasteiger partial charge in [0, 0.05) is 17.4 Å². The summed E-state index contributed by atoms with van der Waals surface area (Å²) < 4.78 is 53.0. The molecule has 128 valence electrons. The highest BCUT2D eigenvalue weighted by molar-refractivity contribution is 5.60. The molecule has 0 unspecified atom stereocenters. The third-order valence-electron chi connectivity index (χ3n) is 3.25. The molecule has 4 nitrogen and oxygen atoms in total. The van der Waals surface area contributed by atoms with E-state index in [4.69, 9.17) is 0 Å². The van der Waals surface area contributed by atoms with E-state index in [1.807, 2.05) is 0 Å². The Bertz CT molecular complexity index is 913. The van der Waals surface area contributed by atoms with E-state index >= 15 is 0 Å². The van der Waals surface area contributed by atoms with Gasteiger partial charge in [0.1, 0.15) is 11.6 Å². The molecule has 0 spiro atoms. The van der Waals surface area contributed by atoms with E-state index in [2.05, 4.69) is 20.6 Å². The number of benzene rings is 2. The molecule has 0 aliphatic rings. The number of hydrogen-bond acceptors (Lipinski definition) is 4. The van der Waals surface area contributed by atoms with Gasteiger partial charge in [0.25, 0.3) is 0 Å². The fourth-order valence-corrected chi connectivity index (χ4v) is 2.11. The SMILES string of the molecule is Cc1cc(Nc2ccc(F)cc2)nc(Nc2ccc(F)c(F)c2F)n1. The van der Waals surface area contributed by atoms with Gasteiger partial charge in [0.15, 0.2) is 17.5 Å². The Hall–Kier alpha value is -3.16. The molecular formula is C17H12F4N4. The van der Waals surface area contributed by atoms with Crippen molar-refractivity contribution in [3.8, 4) is 0 Å². The van der Waals surface area contributed by atoms with Gasteiger partial charge in [-0.3, -0.25) is 0 Å². The lowest BCUT2D eigenvalue weighted by Crippen LogP contribution is -2.05. The van der Waals surface area contributed by atoms with Gasteiger partial charge in [-0.25, -0.2) is 22.5 Å². The summed E-state index contributed by atoms with van der Waals surface area (Å²) in [6.45, 7) is 1.68. The van der Waals surface area contributed by atoms with E-state index in [1.54, 1.807) is 13.0 Å². The molecule has 0 amide bonds. The second kappa shape index (κ2) is 6.76. The van der Waals surface area contributed by atoms with Crippen molar-refractivity contribution in [2.45, 2.75) is 6.92 Å². The molecule has 3 aromatic rings. The van der Waals surface area contributed by atoms with Crippen molar-refractivity contribution in [2.75, 3.05) is 10.6 Å². The summed E-state index contributed by atoms with van der Waals surface area (Å²) in [5.41, 5.74) is 0.840. The van der Waals surface area contributed by atoms with Crippen LogP contribution in [0.3, 0.4) is 0 Å². The number of aryl methyl sites for hydroxylation is 1. The summed E-state index contributed by atoms with van der Waals surface area (Å²) in [6.07, 6.45) is 0. The lowest BCUT2D eigenvalue weighted by atomic mass is 10.3. The Labute approximate surface area is 140 Å². The number of hydrogen-bond donors (Lipinski definition) is 2. The minimum Gasteiger partial charge on any atom is -0.340 e. The largest absolute Gasteiger partial charge is 0.340 e. The van der Waals surface area contributed by atoms with Crippen LogP contribution in [0.2, 0.25) is 0 Å². The highest BCUT2D eigenvalue weighted by Gasteiger charge is 2.14. The van der Waals surface area contributed by atoms with Crippen LogP contribution in [0.15, 0.2) is 42.5 Å². The summed E-state index contributed by atoms with van der Waals surface area (Å²) in [7, 11) is 0. The quantitative estimate of drug-likeness (QED) is 0.524. The molecule has 1 aromatic heterocycles. The van der Waals surface area contributed by atoms with Crippen molar-refractivity contribution in [1.29, 1.82) is 0 Å². The molecule has 25 heavy (non-hydrogen) atoms. The first-order valence-electron chi connectivity index (χ1n) is 7.21. The van der Waals surface area contributed by atoms with Crippen LogP contribution in [0.4, 0.5) is 40.7 Å². The van der Waals surface area contributed by atoms with Gasteiger partial charge >= 0.3 is 0 Å². The third kappa shape index (κ3) is 3.85. The van der Waals surface area contributed by atoms with Crippen LogP contribution >= 0.6 is 0 Å². The van der Waals surface area contributed by atoms with Gasteiger partial charge in [-0.2, -0.15) is 4.98 Å². The number of nitrogens with zero attached hydrogens (tertiary/aromatic N) is 2. The topological polar surface area (TPSA) is 49.8 Å². The molecule has 2 aromatic carbocycles. The highest BCUT2D eigenvalue weighted by Crippen LogP contribution is 2.23. The van der Waals surface area contributed by atoms with Gasteiger partial charge in [0.05, 0.1) is 5.69 Å². The molecule has 2 N–H and O–H groups in total. The predicted molar refractivity (Wildman–Crippen MR) is 86.1 cm³/mol. The summed E-state index contributed by atoms with van der Waals surface area (Å²) >= 11 is 0. The molecule has 0 fully saturated rings. The number of nitrogens with one attached hydrogen (secondary N) is 2. The summed E-state index contributed by atoms with van der Waals surface area (Å²) in [6, 6.07) is 9.08. The van der Waals surface area contributed by atoms with Crippen LogP contribution in [0.5, 0.6) is 0 Å². The van der Waals surface area contributed by atoms with E-state index in [-0.39, 0.29) is 17.5 Å². The van der Waals surface area contributed by atoms with Crippen molar-refractivity contribution in [2.24, 2.45) is 0 Å². The second-order valence-corrected chi connectivity index (χ2v) is 5.20. The number of halogens is 4. The van der Waals surface area contributed by atoms with Gasteiger partial charge in [-0.15, -0.1) is 0 Å². The van der Waals surface area contributed by atoms with Crippen molar-refractivity contribution in [3.05, 3.63) is 71.4 Å². The second-order valence-electron chi connectivity index (χ2n) is 5.20. The molecule has 0 atom stereocenters. The zero-order chi connectivity index (χ0) is 18.0. The molecule has 3 rings (SSSR count). The smallest absolute Gasteiger partial charge is 0.229 e. The van der Waals surface area contributed by atoms with Crippen LogP contribution in [0.25, 0.3) is 0 Å². The Morgan fingerprint density at radius 1 is 0.800 bits per heavy atom. The van der Waals surface area contributed by atoms with Crippen LogP contribution in [-0.2, 0) is 0 Å². The van der Waals surface area contributed by atoms with E-state index in [9.17, 15) is 17.6 Å². The fourth-order valence-electron chi connectivity index (χ4n) is 2.11. The predicted octanol–water partition coefficient (Wildman–Crippen LogP) is 4.83. The number of anilines is 4. The number of rotatable bonds is 4. The minimum atomic E-state index is -1.58. The molecular weight excluding hydrogens is 336 g/mol. The summed E-state index contributed by atoms with van der Waals surface area (Å²) in [5, 5.41) is 5.46. The average Bonchev–Trinajstić information content (AvgIpc) is 2.57. The maximum atomic E-state index is 13.7. The number of aromatic nitrogens is 2. The Kier molecular flexibility index (Phi) is 4.51. The molecule has 0 saturated heterocycles. The first-order valence-corrected chi connectivity index (χ1v) is 7.21. The molecule has 0 aliphatic carbocycles. The highest BCUT2D eigenvalue weighted by atomic mass is 19.2. The van der Waals surface area contributed by atoms with Crippen LogP contribution in [0, 0.1) is 30.2 Å². The molecule has 0 radical (unpaired) electrons. The van der Waals surface area contributed by atoms with Crippen molar-refractivity contribution >= 4 is 23.1 Å². The zero-order valence-electron chi connectivity index (χ0n) is 12.9. The lowest BCUT2D eigenvalue weighted by molar-refractivity contribution is 0.449. The average molecular weight is 348 g/mol. The summed E-state index contributed by atoms with van der Waals surface area (Å²) in [4.78, 5) is 8.20. The van der Waals surface area contributed by atoms with E-state index < -0.39 is 17.5 Å². The van der Waals surface area contributed by atoms with Crippen LogP contribution in [-0.4, -0.2) is 9.97 Å². The Morgan fingerprint density at radius 3 is 2.24 bits per heavy atom. The third-order valence-corrected chi connectivity index (χ3v) is 3.25. The van der Waals surface area contributed by atoms with Crippen molar-refractivity contribution < 1.29 is 17.6 Å². The fraction of sp³-hybridized carbons (Fsp3) is 0.0588. The molecule has 0 bridgehead atoms. The van der Waals surface area contributed by atoms with Gasteiger partial charge < -0.3 is 10.6 Å². The first-order chi connectivity index (χ1) is 11.9.